The molecule has 1 amide bonds. The van der Waals surface area contributed by atoms with Crippen molar-refractivity contribution in [3.05, 3.63) is 60.2 Å². The highest BCUT2D eigenvalue weighted by molar-refractivity contribution is 5.98. The number of esters is 1. The molecule has 0 radical (unpaired) electrons. The van der Waals surface area contributed by atoms with Crippen LogP contribution in [0.1, 0.15) is 43.5 Å². The van der Waals surface area contributed by atoms with Crippen molar-refractivity contribution in [3.8, 4) is 5.75 Å². The molecule has 0 heterocycles. The number of Topliss-reactive ketones (excluding diaryl/α,β-unsaturated/α-hetero) is 1. The van der Waals surface area contributed by atoms with Crippen LogP contribution in [0.3, 0.4) is 0 Å². The second kappa shape index (κ2) is 10.9. The summed E-state index contributed by atoms with van der Waals surface area (Å²) in [5.41, 5.74) is 1.13. The Morgan fingerprint density at radius 3 is 2.29 bits per heavy atom. The van der Waals surface area contributed by atoms with Crippen LogP contribution in [0.15, 0.2) is 54.6 Å². The molecule has 1 N–H and O–H groups in total. The summed E-state index contributed by atoms with van der Waals surface area (Å²) in [5, 5.41) is 2.66. The number of hydrogen-bond acceptors (Lipinski definition) is 5. The lowest BCUT2D eigenvalue weighted by Crippen LogP contribution is -2.30. The number of rotatable bonds is 10. The zero-order valence-electron chi connectivity index (χ0n) is 16.1. The number of benzene rings is 2. The van der Waals surface area contributed by atoms with Gasteiger partial charge >= 0.3 is 5.97 Å². The number of carbonyl (C=O) groups is 3. The Morgan fingerprint density at radius 1 is 0.964 bits per heavy atom. The molecule has 28 heavy (non-hydrogen) atoms. The maximum absolute atomic E-state index is 12.2. The molecular weight excluding hydrogens is 358 g/mol. The first kappa shape index (κ1) is 21.2. The van der Waals surface area contributed by atoms with E-state index >= 15 is 0 Å². The quantitative estimate of drug-likeness (QED) is 0.495. The second-order valence-corrected chi connectivity index (χ2v) is 6.28. The molecule has 148 valence electrons. The molecule has 0 aliphatic carbocycles. The van der Waals surface area contributed by atoms with E-state index in [1.165, 1.54) is 6.92 Å². The molecule has 2 aromatic rings. The van der Waals surface area contributed by atoms with Crippen molar-refractivity contribution in [2.24, 2.45) is 0 Å². The number of ether oxygens (including phenoxy) is 2. The molecule has 0 aliphatic rings. The maximum atomic E-state index is 12.2. The van der Waals surface area contributed by atoms with Gasteiger partial charge in [-0.15, -0.1) is 0 Å². The number of ketones is 1. The van der Waals surface area contributed by atoms with E-state index in [4.69, 9.17) is 9.47 Å². The molecular formula is C22H25NO5. The third-order valence-electron chi connectivity index (χ3n) is 3.92. The van der Waals surface area contributed by atoms with Crippen LogP contribution in [0.25, 0.3) is 0 Å². The Kier molecular flexibility index (Phi) is 8.21. The summed E-state index contributed by atoms with van der Waals surface area (Å²) >= 11 is 0. The monoisotopic (exact) mass is 383 g/mol. The van der Waals surface area contributed by atoms with E-state index in [0.717, 1.165) is 6.42 Å². The van der Waals surface area contributed by atoms with Crippen molar-refractivity contribution in [3.63, 3.8) is 0 Å². The van der Waals surface area contributed by atoms with Gasteiger partial charge in [-0.1, -0.05) is 25.1 Å². The molecule has 0 saturated carbocycles. The molecule has 0 bridgehead atoms. The van der Waals surface area contributed by atoms with E-state index in [-0.39, 0.29) is 18.6 Å². The van der Waals surface area contributed by atoms with Gasteiger partial charge in [-0.05, 0) is 49.7 Å². The molecule has 1 unspecified atom stereocenters. The molecule has 6 heteroatoms. The van der Waals surface area contributed by atoms with E-state index in [2.05, 4.69) is 5.32 Å². The van der Waals surface area contributed by atoms with Gasteiger partial charge < -0.3 is 14.8 Å². The first-order chi connectivity index (χ1) is 13.5. The number of nitrogens with one attached hydrogen (secondary N) is 1. The van der Waals surface area contributed by atoms with Crippen LogP contribution in [-0.2, 0) is 14.3 Å². The molecule has 0 fully saturated rings. The minimum Gasteiger partial charge on any atom is -0.494 e. The van der Waals surface area contributed by atoms with Crippen LogP contribution in [-0.4, -0.2) is 30.4 Å². The third-order valence-corrected chi connectivity index (χ3v) is 3.92. The van der Waals surface area contributed by atoms with Gasteiger partial charge in [0.2, 0.25) is 0 Å². The first-order valence-corrected chi connectivity index (χ1v) is 9.31. The average molecular weight is 383 g/mol. The van der Waals surface area contributed by atoms with E-state index in [0.29, 0.717) is 23.6 Å². The molecule has 0 saturated heterocycles. The smallest absolute Gasteiger partial charge is 0.307 e. The van der Waals surface area contributed by atoms with Crippen molar-refractivity contribution in [2.75, 3.05) is 11.9 Å². The molecule has 0 spiro atoms. The van der Waals surface area contributed by atoms with Gasteiger partial charge in [-0.25, -0.2) is 0 Å². The lowest BCUT2D eigenvalue weighted by atomic mass is 10.1. The van der Waals surface area contributed by atoms with Gasteiger partial charge in [0.25, 0.3) is 5.91 Å². The van der Waals surface area contributed by atoms with E-state index in [9.17, 15) is 14.4 Å². The van der Waals surface area contributed by atoms with Gasteiger partial charge in [0.15, 0.2) is 11.9 Å². The summed E-state index contributed by atoms with van der Waals surface area (Å²) in [5.74, 6) is -0.475. The van der Waals surface area contributed by atoms with Gasteiger partial charge in [0.05, 0.1) is 13.0 Å². The van der Waals surface area contributed by atoms with Gasteiger partial charge in [-0.3, -0.25) is 14.4 Å². The van der Waals surface area contributed by atoms with Crippen LogP contribution >= 0.6 is 0 Å². The topological polar surface area (TPSA) is 81.7 Å². The van der Waals surface area contributed by atoms with E-state index in [1.807, 2.05) is 13.0 Å². The van der Waals surface area contributed by atoms with Gasteiger partial charge in [-0.2, -0.15) is 0 Å². The lowest BCUT2D eigenvalue weighted by molar-refractivity contribution is -0.153. The van der Waals surface area contributed by atoms with Crippen LogP contribution in [0.2, 0.25) is 0 Å². The van der Waals surface area contributed by atoms with Crippen LogP contribution in [0, 0.1) is 0 Å². The Morgan fingerprint density at radius 2 is 1.64 bits per heavy atom. The normalized spacial score (nSPS) is 11.4. The number of para-hydroxylation sites is 1. The Balaban J connectivity index is 1.76. The predicted molar refractivity (Wildman–Crippen MR) is 106 cm³/mol. The highest BCUT2D eigenvalue weighted by Crippen LogP contribution is 2.15. The van der Waals surface area contributed by atoms with Crippen LogP contribution in [0.5, 0.6) is 5.75 Å². The molecule has 2 aromatic carbocycles. The highest BCUT2D eigenvalue weighted by atomic mass is 16.5. The Hall–Kier alpha value is -3.15. The van der Waals surface area contributed by atoms with Crippen LogP contribution < -0.4 is 10.1 Å². The molecule has 6 nitrogen and oxygen atoms in total. The maximum Gasteiger partial charge on any atom is 0.307 e. The van der Waals surface area contributed by atoms with Crippen molar-refractivity contribution in [2.45, 2.75) is 39.2 Å². The zero-order chi connectivity index (χ0) is 20.4. The number of carbonyl (C=O) groups excluding carboxylic acids is 3. The van der Waals surface area contributed by atoms with Crippen LogP contribution in [0.4, 0.5) is 5.69 Å². The SMILES string of the molecule is CCCOc1ccc(C(=O)CCC(=O)OC(C)C(=O)Nc2ccccc2)cc1. The second-order valence-electron chi connectivity index (χ2n) is 6.28. The summed E-state index contributed by atoms with van der Waals surface area (Å²) in [6, 6.07) is 15.7. The Labute approximate surface area is 164 Å². The summed E-state index contributed by atoms with van der Waals surface area (Å²) in [6.07, 6.45) is -0.112. The van der Waals surface area contributed by atoms with E-state index in [1.54, 1.807) is 48.5 Å². The number of anilines is 1. The van der Waals surface area contributed by atoms with Gasteiger partial charge in [0.1, 0.15) is 5.75 Å². The average Bonchev–Trinajstić information content (AvgIpc) is 2.71. The molecule has 2 rings (SSSR count). The van der Waals surface area contributed by atoms with Gasteiger partial charge in [0, 0.05) is 17.7 Å². The van der Waals surface area contributed by atoms with Crippen molar-refractivity contribution >= 4 is 23.3 Å². The molecule has 0 aromatic heterocycles. The minimum atomic E-state index is -0.946. The van der Waals surface area contributed by atoms with Crippen molar-refractivity contribution in [1.29, 1.82) is 0 Å². The molecule has 1 atom stereocenters. The van der Waals surface area contributed by atoms with Crippen molar-refractivity contribution in [1.82, 2.24) is 0 Å². The van der Waals surface area contributed by atoms with Crippen molar-refractivity contribution < 1.29 is 23.9 Å². The minimum absolute atomic E-state index is 0.0149. The first-order valence-electron chi connectivity index (χ1n) is 9.31. The summed E-state index contributed by atoms with van der Waals surface area (Å²) < 4.78 is 10.6. The number of amides is 1. The Bertz CT molecular complexity index is 786. The third kappa shape index (κ3) is 6.87. The fourth-order valence-corrected chi connectivity index (χ4v) is 2.39. The molecule has 0 aliphatic heterocycles. The largest absolute Gasteiger partial charge is 0.494 e. The fourth-order valence-electron chi connectivity index (χ4n) is 2.39. The fraction of sp³-hybridized carbons (Fsp3) is 0.318. The standard InChI is InChI=1S/C22H25NO5/c1-3-15-27-19-11-9-17(10-12-19)20(24)13-14-21(25)28-16(2)22(26)23-18-7-5-4-6-8-18/h4-12,16H,3,13-15H2,1-2H3,(H,23,26). The lowest BCUT2D eigenvalue weighted by Gasteiger charge is -2.13. The summed E-state index contributed by atoms with van der Waals surface area (Å²) in [7, 11) is 0. The van der Waals surface area contributed by atoms with E-state index < -0.39 is 18.0 Å². The predicted octanol–water partition coefficient (Wildman–Crippen LogP) is 4.01. The summed E-state index contributed by atoms with van der Waals surface area (Å²) in [6.45, 7) is 4.13. The summed E-state index contributed by atoms with van der Waals surface area (Å²) in [4.78, 5) is 36.2. The highest BCUT2D eigenvalue weighted by Gasteiger charge is 2.19. The zero-order valence-corrected chi connectivity index (χ0v) is 16.1. The number of hydrogen-bond donors (Lipinski definition) is 1.